The lowest BCUT2D eigenvalue weighted by atomic mass is 9.66. The molecule has 2 heteroatoms. The van der Waals surface area contributed by atoms with Crippen molar-refractivity contribution in [2.24, 2.45) is 29.4 Å². The summed E-state index contributed by atoms with van der Waals surface area (Å²) >= 11 is 0. The molecule has 14 heavy (non-hydrogen) atoms. The highest BCUT2D eigenvalue weighted by Crippen LogP contribution is 2.53. The fourth-order valence-corrected chi connectivity index (χ4v) is 4.54. The molecule has 0 spiro atoms. The van der Waals surface area contributed by atoms with Gasteiger partial charge in [0.05, 0.1) is 6.10 Å². The Bertz CT molecular complexity index is 206. The Morgan fingerprint density at radius 2 is 1.29 bits per heavy atom. The van der Waals surface area contributed by atoms with Crippen molar-refractivity contribution in [1.29, 1.82) is 0 Å². The predicted octanol–water partition coefficient (Wildman–Crippen LogP) is 1.52. The molecule has 0 aromatic heterocycles. The van der Waals surface area contributed by atoms with Gasteiger partial charge in [0.1, 0.15) is 0 Å². The molecule has 0 heterocycles. The van der Waals surface area contributed by atoms with Gasteiger partial charge >= 0.3 is 0 Å². The summed E-state index contributed by atoms with van der Waals surface area (Å²) in [6.07, 6.45) is 7.71. The second kappa shape index (κ2) is 3.21. The molecule has 2 nitrogen and oxygen atoms in total. The molecule has 3 fully saturated rings. The molecule has 0 radical (unpaired) electrons. The largest absolute Gasteiger partial charge is 0.391 e. The van der Waals surface area contributed by atoms with Crippen LogP contribution in [-0.2, 0) is 0 Å². The van der Waals surface area contributed by atoms with Gasteiger partial charge in [0.15, 0.2) is 0 Å². The molecule has 0 aliphatic heterocycles. The third-order valence-corrected chi connectivity index (χ3v) is 5.13. The fourth-order valence-electron chi connectivity index (χ4n) is 4.54. The average molecular weight is 195 g/mol. The Kier molecular flexibility index (Phi) is 2.10. The number of aliphatic hydroxyl groups excluding tert-OH is 1. The lowest BCUT2D eigenvalue weighted by Gasteiger charge is -2.44. The highest BCUT2D eigenvalue weighted by atomic mass is 16.3. The molecule has 3 aliphatic carbocycles. The van der Waals surface area contributed by atoms with Gasteiger partial charge in [0.2, 0.25) is 0 Å². The molecule has 3 aliphatic rings. The summed E-state index contributed by atoms with van der Waals surface area (Å²) in [4.78, 5) is 0. The van der Waals surface area contributed by atoms with Crippen LogP contribution in [0.5, 0.6) is 0 Å². The molecule has 0 bridgehead atoms. The van der Waals surface area contributed by atoms with E-state index in [2.05, 4.69) is 0 Å². The maximum Gasteiger partial charge on any atom is 0.0724 e. The van der Waals surface area contributed by atoms with E-state index in [1.807, 2.05) is 0 Å². The molecule has 3 N–H and O–H groups in total. The van der Waals surface area contributed by atoms with E-state index in [-0.39, 0.29) is 12.1 Å². The van der Waals surface area contributed by atoms with Gasteiger partial charge in [-0.15, -0.1) is 0 Å². The van der Waals surface area contributed by atoms with E-state index in [1.54, 1.807) is 0 Å². The van der Waals surface area contributed by atoms with Crippen molar-refractivity contribution in [2.75, 3.05) is 0 Å². The van der Waals surface area contributed by atoms with Crippen molar-refractivity contribution in [3.63, 3.8) is 0 Å². The highest BCUT2D eigenvalue weighted by molar-refractivity contribution is 5.03. The van der Waals surface area contributed by atoms with Crippen molar-refractivity contribution in [2.45, 2.75) is 50.7 Å². The zero-order valence-electron chi connectivity index (χ0n) is 8.73. The molecule has 80 valence electrons. The Balaban J connectivity index is 1.89. The first kappa shape index (κ1) is 9.17. The number of aliphatic hydroxyl groups is 1. The summed E-state index contributed by atoms with van der Waals surface area (Å²) in [5.41, 5.74) is 6.17. The first-order valence-corrected chi connectivity index (χ1v) is 6.22. The zero-order valence-corrected chi connectivity index (χ0v) is 8.73. The van der Waals surface area contributed by atoms with Crippen LogP contribution in [0.15, 0.2) is 0 Å². The van der Waals surface area contributed by atoms with Crippen molar-refractivity contribution in [3.05, 3.63) is 0 Å². The monoisotopic (exact) mass is 195 g/mol. The maximum absolute atomic E-state index is 10.2. The first-order chi connectivity index (χ1) is 6.79. The summed E-state index contributed by atoms with van der Waals surface area (Å²) in [5, 5.41) is 10.2. The number of hydrogen-bond donors (Lipinski definition) is 2. The van der Waals surface area contributed by atoms with Gasteiger partial charge in [0.25, 0.3) is 0 Å². The van der Waals surface area contributed by atoms with E-state index >= 15 is 0 Å². The van der Waals surface area contributed by atoms with Gasteiger partial charge in [-0.05, 0) is 49.4 Å². The van der Waals surface area contributed by atoms with Crippen molar-refractivity contribution < 1.29 is 5.11 Å². The van der Waals surface area contributed by atoms with Crippen LogP contribution >= 0.6 is 0 Å². The van der Waals surface area contributed by atoms with Crippen LogP contribution in [0.4, 0.5) is 0 Å². The molecule has 3 saturated carbocycles. The lowest BCUT2D eigenvalue weighted by Crippen LogP contribution is -2.53. The third kappa shape index (κ3) is 1.10. The number of fused-ring (bicyclic) bond motifs is 3. The molecule has 0 unspecified atom stereocenters. The summed E-state index contributed by atoms with van der Waals surface area (Å²) in [6, 6.07) is 0.0850. The standard InChI is InChI=1S/C12H21NO/c13-11-9-5-1-3-7(9)8-4-2-6-10(8)12(11)14/h7-12,14H,1-6,13H2/t7-,8-,9+,10+,11-,12+/m1/s1. The zero-order chi connectivity index (χ0) is 9.71. The highest BCUT2D eigenvalue weighted by Gasteiger charge is 2.51. The first-order valence-electron chi connectivity index (χ1n) is 6.22. The van der Waals surface area contributed by atoms with E-state index in [4.69, 9.17) is 5.73 Å². The fraction of sp³-hybridized carbons (Fsp3) is 1.00. The van der Waals surface area contributed by atoms with Crippen LogP contribution in [0.3, 0.4) is 0 Å². The summed E-state index contributed by atoms with van der Waals surface area (Å²) in [6.45, 7) is 0. The molecule has 0 aromatic carbocycles. The number of rotatable bonds is 0. The minimum absolute atomic E-state index is 0.0850. The van der Waals surface area contributed by atoms with E-state index in [0.717, 1.165) is 11.8 Å². The second-order valence-corrected chi connectivity index (χ2v) is 5.59. The third-order valence-electron chi connectivity index (χ3n) is 5.13. The van der Waals surface area contributed by atoms with Gasteiger partial charge in [-0.3, -0.25) is 0 Å². The van der Waals surface area contributed by atoms with Crippen LogP contribution in [-0.4, -0.2) is 17.3 Å². The molecular weight excluding hydrogens is 174 g/mol. The van der Waals surface area contributed by atoms with Crippen molar-refractivity contribution >= 4 is 0 Å². The average Bonchev–Trinajstić information content (AvgIpc) is 2.80. The lowest BCUT2D eigenvalue weighted by molar-refractivity contribution is -0.0243. The molecule has 6 atom stereocenters. The smallest absolute Gasteiger partial charge is 0.0724 e. The Morgan fingerprint density at radius 1 is 0.786 bits per heavy atom. The van der Waals surface area contributed by atoms with Gasteiger partial charge in [0, 0.05) is 6.04 Å². The number of hydrogen-bond acceptors (Lipinski definition) is 2. The second-order valence-electron chi connectivity index (χ2n) is 5.59. The quantitative estimate of drug-likeness (QED) is 0.615. The van der Waals surface area contributed by atoms with Crippen LogP contribution < -0.4 is 5.73 Å². The molecule has 0 amide bonds. The SMILES string of the molecule is N[C@H]1[C@@H](O)[C@H]2CCC[C@@H]2[C@H]2CCC[C@H]12. The molecule has 0 saturated heterocycles. The maximum atomic E-state index is 10.2. The van der Waals surface area contributed by atoms with Gasteiger partial charge in [-0.25, -0.2) is 0 Å². The van der Waals surface area contributed by atoms with Gasteiger partial charge in [-0.1, -0.05) is 12.8 Å². The number of nitrogens with two attached hydrogens (primary N) is 1. The van der Waals surface area contributed by atoms with E-state index in [1.165, 1.54) is 38.5 Å². The van der Waals surface area contributed by atoms with E-state index in [0.29, 0.717) is 11.8 Å². The van der Waals surface area contributed by atoms with E-state index in [9.17, 15) is 5.11 Å². The summed E-state index contributed by atoms with van der Waals surface area (Å²) in [5.74, 6) is 2.87. The van der Waals surface area contributed by atoms with Gasteiger partial charge < -0.3 is 10.8 Å². The normalized spacial score (nSPS) is 57.0. The van der Waals surface area contributed by atoms with Gasteiger partial charge in [-0.2, -0.15) is 0 Å². The van der Waals surface area contributed by atoms with Crippen molar-refractivity contribution in [3.8, 4) is 0 Å². The molecule has 0 aromatic rings. The Hall–Kier alpha value is -0.0800. The van der Waals surface area contributed by atoms with Crippen molar-refractivity contribution in [1.82, 2.24) is 0 Å². The predicted molar refractivity (Wildman–Crippen MR) is 55.6 cm³/mol. The minimum atomic E-state index is -0.193. The topological polar surface area (TPSA) is 46.2 Å². The Morgan fingerprint density at radius 3 is 2.00 bits per heavy atom. The van der Waals surface area contributed by atoms with Crippen LogP contribution in [0.1, 0.15) is 38.5 Å². The molecular formula is C12H21NO. The minimum Gasteiger partial charge on any atom is -0.391 e. The van der Waals surface area contributed by atoms with Crippen LogP contribution in [0.25, 0.3) is 0 Å². The van der Waals surface area contributed by atoms with E-state index < -0.39 is 0 Å². The van der Waals surface area contributed by atoms with Crippen LogP contribution in [0.2, 0.25) is 0 Å². The summed E-state index contributed by atoms with van der Waals surface area (Å²) in [7, 11) is 0. The summed E-state index contributed by atoms with van der Waals surface area (Å²) < 4.78 is 0. The van der Waals surface area contributed by atoms with Crippen LogP contribution in [0, 0.1) is 23.7 Å². The Labute approximate surface area is 85.9 Å². The molecule has 3 rings (SSSR count).